The highest BCUT2D eigenvalue weighted by molar-refractivity contribution is 7.92. The number of nitrogens with one attached hydrogen (secondary N) is 2. The third-order valence-corrected chi connectivity index (χ3v) is 7.09. The van der Waals surface area contributed by atoms with Gasteiger partial charge in [0.1, 0.15) is 5.82 Å². The number of hydrogen-bond acceptors (Lipinski definition) is 6. The highest BCUT2D eigenvalue weighted by atomic mass is 35.5. The van der Waals surface area contributed by atoms with Crippen molar-refractivity contribution in [3.8, 4) is 0 Å². The SMILES string of the molecule is Cc1cc(Nc2ccc(NS(=O)(=O)c3cc(Cl)ccc3C)cc2)nc(N2CCCCC2)n1. The predicted molar refractivity (Wildman–Crippen MR) is 130 cm³/mol. The zero-order chi connectivity index (χ0) is 22.7. The molecule has 168 valence electrons. The molecule has 1 fully saturated rings. The molecule has 0 unspecified atom stereocenters. The van der Waals surface area contributed by atoms with Crippen LogP contribution >= 0.6 is 11.6 Å². The number of rotatable bonds is 6. The Morgan fingerprint density at radius 3 is 2.31 bits per heavy atom. The molecule has 32 heavy (non-hydrogen) atoms. The van der Waals surface area contributed by atoms with Gasteiger partial charge in [0.05, 0.1) is 4.90 Å². The van der Waals surface area contributed by atoms with Crippen LogP contribution in [0.25, 0.3) is 0 Å². The Bertz CT molecular complexity index is 1210. The Morgan fingerprint density at radius 2 is 1.59 bits per heavy atom. The van der Waals surface area contributed by atoms with Crippen LogP contribution in [0.1, 0.15) is 30.5 Å². The molecule has 0 saturated carbocycles. The summed E-state index contributed by atoms with van der Waals surface area (Å²) < 4.78 is 28.1. The zero-order valence-corrected chi connectivity index (χ0v) is 19.7. The van der Waals surface area contributed by atoms with Gasteiger partial charge in [-0.05, 0) is 75.1 Å². The molecular weight excluding hydrogens is 446 g/mol. The maximum Gasteiger partial charge on any atom is 0.262 e. The summed E-state index contributed by atoms with van der Waals surface area (Å²) in [4.78, 5) is 11.6. The number of sulfonamides is 1. The molecule has 1 saturated heterocycles. The summed E-state index contributed by atoms with van der Waals surface area (Å²) >= 11 is 5.98. The van der Waals surface area contributed by atoms with Gasteiger partial charge in [-0.15, -0.1) is 0 Å². The van der Waals surface area contributed by atoms with Crippen LogP contribution in [0.15, 0.2) is 53.4 Å². The molecule has 0 aliphatic carbocycles. The van der Waals surface area contributed by atoms with E-state index in [0.29, 0.717) is 22.1 Å². The van der Waals surface area contributed by atoms with E-state index < -0.39 is 10.0 Å². The molecule has 0 bridgehead atoms. The van der Waals surface area contributed by atoms with Gasteiger partial charge in [0.2, 0.25) is 5.95 Å². The van der Waals surface area contributed by atoms with Gasteiger partial charge in [-0.25, -0.2) is 13.4 Å². The summed E-state index contributed by atoms with van der Waals surface area (Å²) in [7, 11) is -3.74. The largest absolute Gasteiger partial charge is 0.341 e. The molecule has 2 heterocycles. The van der Waals surface area contributed by atoms with Crippen molar-refractivity contribution in [1.82, 2.24) is 9.97 Å². The Labute approximate surface area is 193 Å². The number of halogens is 1. The Morgan fingerprint density at radius 1 is 0.906 bits per heavy atom. The first-order valence-corrected chi connectivity index (χ1v) is 12.4. The standard InChI is InChI=1S/C23H26ClN5O2S/c1-16-6-7-18(24)15-21(16)32(30,31)28-20-10-8-19(9-11-20)26-22-14-17(2)25-23(27-22)29-12-4-3-5-13-29/h6-11,14-15,28H,3-5,12-13H2,1-2H3,(H,25,26,27). The first-order valence-electron chi connectivity index (χ1n) is 10.6. The van der Waals surface area contributed by atoms with Crippen LogP contribution in [0.4, 0.5) is 23.1 Å². The van der Waals surface area contributed by atoms with E-state index in [1.807, 2.05) is 13.0 Å². The lowest BCUT2D eigenvalue weighted by Crippen LogP contribution is -2.31. The molecule has 9 heteroatoms. The third kappa shape index (κ3) is 5.31. The Kier molecular flexibility index (Phi) is 6.53. The number of benzene rings is 2. The molecule has 4 rings (SSSR count). The van der Waals surface area contributed by atoms with Crippen molar-refractivity contribution in [3.05, 3.63) is 64.8 Å². The zero-order valence-electron chi connectivity index (χ0n) is 18.1. The molecule has 1 aliphatic rings. The number of nitrogens with zero attached hydrogens (tertiary/aromatic N) is 3. The van der Waals surface area contributed by atoms with Crippen molar-refractivity contribution in [1.29, 1.82) is 0 Å². The van der Waals surface area contributed by atoms with Gasteiger partial charge in [-0.1, -0.05) is 17.7 Å². The summed E-state index contributed by atoms with van der Waals surface area (Å²) in [5, 5.41) is 3.66. The monoisotopic (exact) mass is 471 g/mol. The second kappa shape index (κ2) is 9.34. The fraction of sp³-hybridized carbons (Fsp3) is 0.304. The molecule has 1 aromatic heterocycles. The normalized spacial score (nSPS) is 14.3. The van der Waals surface area contributed by atoms with Crippen molar-refractivity contribution < 1.29 is 8.42 Å². The average Bonchev–Trinajstić information content (AvgIpc) is 2.77. The lowest BCUT2D eigenvalue weighted by atomic mass is 10.1. The van der Waals surface area contributed by atoms with Gasteiger partial charge in [0.25, 0.3) is 10.0 Å². The second-order valence-corrected chi connectivity index (χ2v) is 10.0. The molecule has 2 aromatic carbocycles. The van der Waals surface area contributed by atoms with E-state index in [9.17, 15) is 8.42 Å². The van der Waals surface area contributed by atoms with Crippen LogP contribution < -0.4 is 14.9 Å². The molecule has 0 atom stereocenters. The predicted octanol–water partition coefficient (Wildman–Crippen LogP) is 5.28. The van der Waals surface area contributed by atoms with Crippen molar-refractivity contribution in [3.63, 3.8) is 0 Å². The first-order chi connectivity index (χ1) is 15.3. The van der Waals surface area contributed by atoms with Gasteiger partial charge in [0, 0.05) is 41.2 Å². The van der Waals surface area contributed by atoms with Crippen LogP contribution in [0.5, 0.6) is 0 Å². The van der Waals surface area contributed by atoms with E-state index in [1.54, 1.807) is 43.3 Å². The number of aromatic nitrogens is 2. The lowest BCUT2D eigenvalue weighted by molar-refractivity contribution is 0.568. The van der Waals surface area contributed by atoms with Gasteiger partial charge in [-0.2, -0.15) is 4.98 Å². The van der Waals surface area contributed by atoms with Crippen molar-refractivity contribution in [2.45, 2.75) is 38.0 Å². The maximum atomic E-state index is 12.8. The number of piperidine rings is 1. The second-order valence-electron chi connectivity index (χ2n) is 7.96. The number of aryl methyl sites for hydroxylation is 2. The summed E-state index contributed by atoms with van der Waals surface area (Å²) in [5.41, 5.74) is 2.78. The van der Waals surface area contributed by atoms with E-state index in [4.69, 9.17) is 11.6 Å². The van der Waals surface area contributed by atoms with Gasteiger partial charge >= 0.3 is 0 Å². The molecule has 7 nitrogen and oxygen atoms in total. The van der Waals surface area contributed by atoms with Crippen molar-refractivity contribution in [2.75, 3.05) is 28.0 Å². The van der Waals surface area contributed by atoms with Gasteiger partial charge < -0.3 is 10.2 Å². The fourth-order valence-corrected chi connectivity index (χ4v) is 5.26. The van der Waals surface area contributed by atoms with Gasteiger partial charge in [-0.3, -0.25) is 4.72 Å². The highest BCUT2D eigenvalue weighted by Crippen LogP contribution is 2.25. The van der Waals surface area contributed by atoms with E-state index in [2.05, 4.69) is 24.9 Å². The van der Waals surface area contributed by atoms with Crippen LogP contribution in [-0.4, -0.2) is 31.5 Å². The molecule has 1 aliphatic heterocycles. The average molecular weight is 472 g/mol. The summed E-state index contributed by atoms with van der Waals surface area (Å²) in [6.07, 6.45) is 3.57. The molecule has 3 aromatic rings. The molecule has 0 amide bonds. The van der Waals surface area contributed by atoms with Crippen LogP contribution in [0.2, 0.25) is 5.02 Å². The maximum absolute atomic E-state index is 12.8. The van der Waals surface area contributed by atoms with Crippen LogP contribution in [-0.2, 0) is 10.0 Å². The van der Waals surface area contributed by atoms with Crippen molar-refractivity contribution in [2.24, 2.45) is 0 Å². The summed E-state index contributed by atoms with van der Waals surface area (Å²) in [5.74, 6) is 1.45. The summed E-state index contributed by atoms with van der Waals surface area (Å²) in [6, 6.07) is 13.7. The lowest BCUT2D eigenvalue weighted by Gasteiger charge is -2.27. The Hall–Kier alpha value is -2.84. The minimum absolute atomic E-state index is 0.161. The quantitative estimate of drug-likeness (QED) is 0.508. The van der Waals surface area contributed by atoms with Crippen LogP contribution in [0, 0.1) is 13.8 Å². The highest BCUT2D eigenvalue weighted by Gasteiger charge is 2.18. The molecule has 0 spiro atoms. The third-order valence-electron chi connectivity index (χ3n) is 5.33. The van der Waals surface area contributed by atoms with E-state index in [-0.39, 0.29) is 4.90 Å². The van der Waals surface area contributed by atoms with Crippen LogP contribution in [0.3, 0.4) is 0 Å². The summed E-state index contributed by atoms with van der Waals surface area (Å²) in [6.45, 7) is 5.64. The molecule has 2 N–H and O–H groups in total. The minimum atomic E-state index is -3.74. The van der Waals surface area contributed by atoms with E-state index >= 15 is 0 Å². The topological polar surface area (TPSA) is 87.2 Å². The fourth-order valence-electron chi connectivity index (χ4n) is 3.70. The minimum Gasteiger partial charge on any atom is -0.341 e. The molecular formula is C23H26ClN5O2S. The number of anilines is 4. The van der Waals surface area contributed by atoms with Crippen molar-refractivity contribution >= 4 is 44.8 Å². The van der Waals surface area contributed by atoms with Gasteiger partial charge in [0.15, 0.2) is 0 Å². The van der Waals surface area contributed by atoms with E-state index in [1.165, 1.54) is 12.5 Å². The smallest absolute Gasteiger partial charge is 0.262 e. The first kappa shape index (κ1) is 22.4. The van der Waals surface area contributed by atoms with E-state index in [0.717, 1.165) is 43.3 Å². The number of hydrogen-bond donors (Lipinski definition) is 2. The molecule has 0 radical (unpaired) electrons. The Balaban J connectivity index is 1.48.